The number of carbonyl (C=O) groups is 1. The lowest BCUT2D eigenvalue weighted by Gasteiger charge is -2.26. The molecule has 1 aliphatic carbocycles. The number of aromatic nitrogens is 2. The number of aryl methyl sites for hydroxylation is 1. The number of ether oxygens (including phenoxy) is 1. The van der Waals surface area contributed by atoms with Gasteiger partial charge < -0.3 is 10.1 Å². The van der Waals surface area contributed by atoms with E-state index >= 15 is 0 Å². The second kappa shape index (κ2) is 8.80. The second-order valence-corrected chi connectivity index (χ2v) is 7.67. The van der Waals surface area contributed by atoms with Crippen molar-refractivity contribution in [2.45, 2.75) is 32.1 Å². The highest BCUT2D eigenvalue weighted by molar-refractivity contribution is 5.98. The molecule has 1 fully saturated rings. The second-order valence-electron chi connectivity index (χ2n) is 7.67. The van der Waals surface area contributed by atoms with Gasteiger partial charge >= 0.3 is 0 Å². The van der Waals surface area contributed by atoms with Gasteiger partial charge in [0.05, 0.1) is 24.5 Å². The quantitative estimate of drug-likeness (QED) is 0.778. The maximum atomic E-state index is 12.6. The van der Waals surface area contributed by atoms with Crippen molar-refractivity contribution in [1.29, 1.82) is 0 Å². The van der Waals surface area contributed by atoms with Crippen molar-refractivity contribution in [3.05, 3.63) is 52.8 Å². The summed E-state index contributed by atoms with van der Waals surface area (Å²) >= 11 is 0. The van der Waals surface area contributed by atoms with E-state index in [-0.39, 0.29) is 11.7 Å². The van der Waals surface area contributed by atoms with Gasteiger partial charge in [-0.25, -0.2) is 9.97 Å². The standard InChI is InChI=1S/C22H28N4O2/c1-16-5-2-3-6-18(16)17-13-20-19(21(27)14-17)15-24-22(25-20)23-7-4-8-26-9-11-28-12-10-26/h2-3,5-6,15,17H,4,7-14H2,1H3,(H,23,24,25)/t17-/m0/s1. The van der Waals surface area contributed by atoms with Crippen LogP contribution in [0.5, 0.6) is 0 Å². The number of nitrogens with one attached hydrogen (secondary N) is 1. The number of hydrogen-bond donors (Lipinski definition) is 1. The number of ketones is 1. The number of rotatable bonds is 6. The molecule has 6 heteroatoms. The zero-order valence-corrected chi connectivity index (χ0v) is 16.5. The van der Waals surface area contributed by atoms with E-state index in [4.69, 9.17) is 4.74 Å². The van der Waals surface area contributed by atoms with Crippen LogP contribution in [0.25, 0.3) is 0 Å². The predicted molar refractivity (Wildman–Crippen MR) is 109 cm³/mol. The third-order valence-electron chi connectivity index (χ3n) is 5.71. The fourth-order valence-electron chi connectivity index (χ4n) is 4.12. The smallest absolute Gasteiger partial charge is 0.222 e. The van der Waals surface area contributed by atoms with E-state index in [1.807, 2.05) is 12.1 Å². The van der Waals surface area contributed by atoms with Crippen molar-refractivity contribution in [3.8, 4) is 0 Å². The van der Waals surface area contributed by atoms with Crippen LogP contribution in [0, 0.1) is 6.92 Å². The Bertz CT molecular complexity index is 833. The van der Waals surface area contributed by atoms with Crippen LogP contribution < -0.4 is 5.32 Å². The molecule has 0 bridgehead atoms. The largest absolute Gasteiger partial charge is 0.379 e. The van der Waals surface area contributed by atoms with E-state index in [9.17, 15) is 4.79 Å². The summed E-state index contributed by atoms with van der Waals surface area (Å²) in [5, 5.41) is 3.32. The number of Topliss-reactive ketones (excluding diaryl/α,β-unsaturated/α-hetero) is 1. The van der Waals surface area contributed by atoms with Gasteiger partial charge in [-0.1, -0.05) is 24.3 Å². The molecule has 1 aromatic carbocycles. The summed E-state index contributed by atoms with van der Waals surface area (Å²) in [4.78, 5) is 24.1. The van der Waals surface area contributed by atoms with Crippen LogP contribution in [0.1, 0.15) is 45.9 Å². The summed E-state index contributed by atoms with van der Waals surface area (Å²) in [7, 11) is 0. The molecule has 1 N–H and O–H groups in total. The molecule has 1 saturated heterocycles. The van der Waals surface area contributed by atoms with Gasteiger partial charge in [0.2, 0.25) is 5.95 Å². The fraction of sp³-hybridized carbons (Fsp3) is 0.500. The molecule has 28 heavy (non-hydrogen) atoms. The lowest BCUT2D eigenvalue weighted by Crippen LogP contribution is -2.37. The monoisotopic (exact) mass is 380 g/mol. The van der Waals surface area contributed by atoms with Crippen LogP contribution >= 0.6 is 0 Å². The Morgan fingerprint density at radius 3 is 2.86 bits per heavy atom. The van der Waals surface area contributed by atoms with Crippen molar-refractivity contribution in [2.24, 2.45) is 0 Å². The van der Waals surface area contributed by atoms with E-state index in [1.165, 1.54) is 11.1 Å². The molecule has 0 unspecified atom stereocenters. The molecule has 0 saturated carbocycles. The average Bonchev–Trinajstić information content (AvgIpc) is 2.72. The van der Waals surface area contributed by atoms with Gasteiger partial charge in [-0.3, -0.25) is 9.69 Å². The van der Waals surface area contributed by atoms with Gasteiger partial charge in [0, 0.05) is 32.3 Å². The molecule has 1 aliphatic heterocycles. The first-order valence-corrected chi connectivity index (χ1v) is 10.2. The van der Waals surface area contributed by atoms with Crippen molar-refractivity contribution >= 4 is 11.7 Å². The van der Waals surface area contributed by atoms with Gasteiger partial charge in [0.15, 0.2) is 5.78 Å². The Balaban J connectivity index is 1.38. The zero-order valence-electron chi connectivity index (χ0n) is 16.5. The van der Waals surface area contributed by atoms with Gasteiger partial charge in [0.1, 0.15) is 0 Å². The van der Waals surface area contributed by atoms with Crippen molar-refractivity contribution in [1.82, 2.24) is 14.9 Å². The number of nitrogens with zero attached hydrogens (tertiary/aromatic N) is 3. The summed E-state index contributed by atoms with van der Waals surface area (Å²) in [5.41, 5.74) is 4.04. The number of hydrogen-bond acceptors (Lipinski definition) is 6. The topological polar surface area (TPSA) is 67.4 Å². The minimum atomic E-state index is 0.147. The molecular formula is C22H28N4O2. The van der Waals surface area contributed by atoms with Crippen LogP contribution in [-0.2, 0) is 11.2 Å². The van der Waals surface area contributed by atoms with Crippen molar-refractivity contribution in [2.75, 3.05) is 44.7 Å². The normalized spacial score (nSPS) is 20.0. The predicted octanol–water partition coefficient (Wildman–Crippen LogP) is 2.83. The highest BCUT2D eigenvalue weighted by Gasteiger charge is 2.28. The third kappa shape index (κ3) is 4.39. The molecule has 0 amide bonds. The molecule has 148 valence electrons. The molecule has 0 radical (unpaired) electrons. The third-order valence-corrected chi connectivity index (χ3v) is 5.71. The number of morpholine rings is 1. The summed E-state index contributed by atoms with van der Waals surface area (Å²) < 4.78 is 5.38. The average molecular weight is 380 g/mol. The molecule has 4 rings (SSSR count). The maximum absolute atomic E-state index is 12.6. The van der Waals surface area contributed by atoms with E-state index in [0.717, 1.165) is 57.9 Å². The molecule has 1 aromatic heterocycles. The Morgan fingerprint density at radius 2 is 2.04 bits per heavy atom. The minimum Gasteiger partial charge on any atom is -0.379 e. The van der Waals surface area contributed by atoms with Crippen LogP contribution in [0.15, 0.2) is 30.5 Å². The molecule has 1 atom stereocenters. The highest BCUT2D eigenvalue weighted by Crippen LogP contribution is 2.33. The van der Waals surface area contributed by atoms with Crippen LogP contribution in [-0.4, -0.2) is 60.0 Å². The molecule has 2 aliphatic rings. The van der Waals surface area contributed by atoms with Gasteiger partial charge in [-0.15, -0.1) is 0 Å². The van der Waals surface area contributed by atoms with Crippen LogP contribution in [0.4, 0.5) is 5.95 Å². The number of carbonyl (C=O) groups excluding carboxylic acids is 1. The first kappa shape index (κ1) is 19.0. The van der Waals surface area contributed by atoms with E-state index < -0.39 is 0 Å². The van der Waals surface area contributed by atoms with Gasteiger partial charge in [-0.05, 0) is 43.4 Å². The van der Waals surface area contributed by atoms with Crippen molar-refractivity contribution in [3.63, 3.8) is 0 Å². The number of fused-ring (bicyclic) bond motifs is 1. The number of benzene rings is 1. The fourth-order valence-corrected chi connectivity index (χ4v) is 4.12. The SMILES string of the molecule is Cc1ccccc1[C@@H]1CC(=O)c2cnc(NCCCN3CCOCC3)nc2C1. The van der Waals surface area contributed by atoms with E-state index in [0.29, 0.717) is 17.9 Å². The van der Waals surface area contributed by atoms with Gasteiger partial charge in [-0.2, -0.15) is 0 Å². The van der Waals surface area contributed by atoms with E-state index in [1.54, 1.807) is 6.20 Å². The molecule has 2 heterocycles. The first-order valence-electron chi connectivity index (χ1n) is 10.2. The zero-order chi connectivity index (χ0) is 19.3. The Hall–Kier alpha value is -2.31. The highest BCUT2D eigenvalue weighted by atomic mass is 16.5. The van der Waals surface area contributed by atoms with Crippen LogP contribution in [0.3, 0.4) is 0 Å². The molecule has 2 aromatic rings. The summed E-state index contributed by atoms with van der Waals surface area (Å²) in [6.45, 7) is 7.67. The minimum absolute atomic E-state index is 0.147. The van der Waals surface area contributed by atoms with Crippen LogP contribution in [0.2, 0.25) is 0 Å². The van der Waals surface area contributed by atoms with Gasteiger partial charge in [0.25, 0.3) is 0 Å². The number of anilines is 1. The lowest BCUT2D eigenvalue weighted by atomic mass is 9.81. The molecule has 0 spiro atoms. The van der Waals surface area contributed by atoms with Crippen molar-refractivity contribution < 1.29 is 9.53 Å². The Kier molecular flexibility index (Phi) is 5.98. The molecule has 6 nitrogen and oxygen atoms in total. The maximum Gasteiger partial charge on any atom is 0.222 e. The Labute approximate surface area is 166 Å². The van der Waals surface area contributed by atoms with E-state index in [2.05, 4.69) is 39.2 Å². The first-order chi connectivity index (χ1) is 13.7. The lowest BCUT2D eigenvalue weighted by molar-refractivity contribution is 0.0378. The summed E-state index contributed by atoms with van der Waals surface area (Å²) in [6.07, 6.45) is 4.05. The molecular weight excluding hydrogens is 352 g/mol. The summed E-state index contributed by atoms with van der Waals surface area (Å²) in [6, 6.07) is 8.32. The summed E-state index contributed by atoms with van der Waals surface area (Å²) in [5.74, 6) is 0.970. The Morgan fingerprint density at radius 1 is 1.21 bits per heavy atom.